The van der Waals surface area contributed by atoms with E-state index in [2.05, 4.69) is 24.3 Å². The second-order valence-corrected chi connectivity index (χ2v) is 9.55. The Morgan fingerprint density at radius 1 is 1.06 bits per heavy atom. The lowest BCUT2D eigenvalue weighted by atomic mass is 9.73. The molecule has 1 aliphatic carbocycles. The number of piperazine rings is 1. The number of carbonyl (C=O) groups is 2. The minimum Gasteiger partial charge on any atom is -0.497 e. The number of aliphatic hydroxyl groups is 1. The van der Waals surface area contributed by atoms with Crippen molar-refractivity contribution in [3.8, 4) is 16.9 Å². The minimum atomic E-state index is -0.225. The topological polar surface area (TPSA) is 70.1 Å². The van der Waals surface area contributed by atoms with Gasteiger partial charge < -0.3 is 19.6 Å². The minimum absolute atomic E-state index is 0.0280. The summed E-state index contributed by atoms with van der Waals surface area (Å²) >= 11 is 0. The van der Waals surface area contributed by atoms with Crippen LogP contribution in [-0.2, 0) is 9.59 Å². The van der Waals surface area contributed by atoms with Crippen LogP contribution in [0.2, 0.25) is 0 Å². The highest BCUT2D eigenvalue weighted by Crippen LogP contribution is 2.43. The molecule has 3 fully saturated rings. The molecule has 2 aliphatic heterocycles. The molecule has 3 aliphatic rings. The number of methoxy groups -OCH3 is 1. The molecule has 0 unspecified atom stereocenters. The third-order valence-corrected chi connectivity index (χ3v) is 7.72. The van der Waals surface area contributed by atoms with Crippen molar-refractivity contribution in [2.24, 2.45) is 5.92 Å². The number of aliphatic hydroxyl groups excluding tert-OH is 1. The maximum Gasteiger partial charge on any atom is 0.242 e. The first-order valence-corrected chi connectivity index (χ1v) is 12.1. The number of ether oxygens (including phenoxy) is 1. The van der Waals surface area contributed by atoms with Crippen LogP contribution >= 0.6 is 0 Å². The van der Waals surface area contributed by atoms with E-state index >= 15 is 0 Å². The normalized spacial score (nSPS) is 25.4. The summed E-state index contributed by atoms with van der Waals surface area (Å²) in [6, 6.07) is 16.0. The zero-order valence-electron chi connectivity index (χ0n) is 19.2. The number of benzene rings is 2. The standard InChI is InChI=1S/C27H32N2O4/c1-33-22-9-5-8-21(14-22)18-10-12-19(13-11-18)26-23-15-28(16-25(31)29(23)24(26)17-30)27(32)20-6-3-2-4-7-20/h5,8-14,20,23-24,26,30H,2-4,6-7,15-17H2,1H3/t23-,24+,26+/m1/s1. The molecule has 2 aromatic rings. The van der Waals surface area contributed by atoms with E-state index in [0.29, 0.717) is 6.54 Å². The van der Waals surface area contributed by atoms with Gasteiger partial charge in [-0.25, -0.2) is 0 Å². The SMILES string of the molecule is COc1cccc(-c2ccc([C@H]3[C@H]4CN(C(=O)C5CCCCC5)CC(=O)N4[C@H]3CO)cc2)c1. The summed E-state index contributed by atoms with van der Waals surface area (Å²) in [4.78, 5) is 29.6. The van der Waals surface area contributed by atoms with Crippen molar-refractivity contribution in [2.45, 2.75) is 50.1 Å². The molecule has 0 radical (unpaired) electrons. The average molecular weight is 449 g/mol. The molecule has 6 nitrogen and oxygen atoms in total. The van der Waals surface area contributed by atoms with Gasteiger partial charge in [0.05, 0.1) is 32.3 Å². The van der Waals surface area contributed by atoms with Gasteiger partial charge in [0.2, 0.25) is 11.8 Å². The molecule has 2 heterocycles. The van der Waals surface area contributed by atoms with Crippen LogP contribution in [0.25, 0.3) is 11.1 Å². The van der Waals surface area contributed by atoms with Crippen molar-refractivity contribution in [2.75, 3.05) is 26.8 Å². The maximum atomic E-state index is 13.1. The van der Waals surface area contributed by atoms with Gasteiger partial charge in [-0.05, 0) is 41.7 Å². The van der Waals surface area contributed by atoms with Crippen molar-refractivity contribution >= 4 is 11.8 Å². The Kier molecular flexibility index (Phi) is 6.11. The second-order valence-electron chi connectivity index (χ2n) is 9.55. The van der Waals surface area contributed by atoms with Crippen LogP contribution in [-0.4, -0.2) is 65.6 Å². The highest BCUT2D eigenvalue weighted by Gasteiger charge is 2.54. The van der Waals surface area contributed by atoms with Crippen molar-refractivity contribution in [1.29, 1.82) is 0 Å². The van der Waals surface area contributed by atoms with Crippen molar-refractivity contribution < 1.29 is 19.4 Å². The van der Waals surface area contributed by atoms with E-state index in [9.17, 15) is 14.7 Å². The fourth-order valence-corrected chi connectivity index (χ4v) is 5.98. The van der Waals surface area contributed by atoms with Gasteiger partial charge in [-0.2, -0.15) is 0 Å². The maximum absolute atomic E-state index is 13.1. The smallest absolute Gasteiger partial charge is 0.242 e. The largest absolute Gasteiger partial charge is 0.497 e. The van der Waals surface area contributed by atoms with Crippen LogP contribution in [0.5, 0.6) is 5.75 Å². The zero-order chi connectivity index (χ0) is 22.9. The fraction of sp³-hybridized carbons (Fsp3) is 0.481. The average Bonchev–Trinajstić information content (AvgIpc) is 2.85. The van der Waals surface area contributed by atoms with Gasteiger partial charge in [0, 0.05) is 18.4 Å². The van der Waals surface area contributed by atoms with Crippen LogP contribution in [0.4, 0.5) is 0 Å². The Bertz CT molecular complexity index is 1020. The van der Waals surface area contributed by atoms with Crippen LogP contribution in [0.1, 0.15) is 43.6 Å². The predicted molar refractivity (Wildman–Crippen MR) is 126 cm³/mol. The summed E-state index contributed by atoms with van der Waals surface area (Å²) in [6.45, 7) is 0.630. The Morgan fingerprint density at radius 2 is 1.82 bits per heavy atom. The quantitative estimate of drug-likeness (QED) is 0.761. The van der Waals surface area contributed by atoms with Gasteiger partial charge in [0.25, 0.3) is 0 Å². The number of amides is 2. The molecule has 174 valence electrons. The van der Waals surface area contributed by atoms with Crippen molar-refractivity contribution in [3.05, 3.63) is 54.1 Å². The van der Waals surface area contributed by atoms with Crippen LogP contribution in [0.15, 0.2) is 48.5 Å². The van der Waals surface area contributed by atoms with E-state index in [1.807, 2.05) is 29.2 Å². The summed E-state index contributed by atoms with van der Waals surface area (Å²) in [5, 5.41) is 10.1. The van der Waals surface area contributed by atoms with Gasteiger partial charge in [0.15, 0.2) is 0 Å². The van der Waals surface area contributed by atoms with Gasteiger partial charge in [0.1, 0.15) is 5.75 Å². The number of fused-ring (bicyclic) bond motifs is 1. The Hall–Kier alpha value is -2.86. The molecule has 5 rings (SSSR count). The molecule has 0 spiro atoms. The molecule has 1 N–H and O–H groups in total. The molecule has 0 aromatic heterocycles. The number of hydrogen-bond donors (Lipinski definition) is 1. The summed E-state index contributed by atoms with van der Waals surface area (Å²) in [7, 11) is 1.66. The first kappa shape index (κ1) is 22.0. The van der Waals surface area contributed by atoms with E-state index in [0.717, 1.165) is 48.1 Å². The summed E-state index contributed by atoms with van der Waals surface area (Å²) in [5.41, 5.74) is 3.26. The van der Waals surface area contributed by atoms with Crippen molar-refractivity contribution in [1.82, 2.24) is 9.80 Å². The number of rotatable bonds is 5. The van der Waals surface area contributed by atoms with Gasteiger partial charge in [-0.3, -0.25) is 9.59 Å². The lowest BCUT2D eigenvalue weighted by molar-refractivity contribution is -0.168. The second kappa shape index (κ2) is 9.18. The van der Waals surface area contributed by atoms with Crippen molar-refractivity contribution in [3.63, 3.8) is 0 Å². The zero-order valence-corrected chi connectivity index (χ0v) is 19.2. The first-order valence-electron chi connectivity index (χ1n) is 12.1. The Morgan fingerprint density at radius 3 is 2.52 bits per heavy atom. The van der Waals surface area contributed by atoms with Gasteiger partial charge in [-0.1, -0.05) is 55.7 Å². The molecule has 0 bridgehead atoms. The molecule has 1 saturated carbocycles. The van der Waals surface area contributed by atoms with Crippen LogP contribution in [0.3, 0.4) is 0 Å². The first-order chi connectivity index (χ1) is 16.1. The number of carbonyl (C=O) groups excluding carboxylic acids is 2. The number of nitrogens with zero attached hydrogens (tertiary/aromatic N) is 2. The third kappa shape index (κ3) is 4.01. The fourth-order valence-electron chi connectivity index (χ4n) is 5.98. The molecule has 2 aromatic carbocycles. The van der Waals surface area contributed by atoms with Gasteiger partial charge in [-0.15, -0.1) is 0 Å². The Labute approximate surface area is 195 Å². The lowest BCUT2D eigenvalue weighted by Crippen LogP contribution is -2.73. The van der Waals surface area contributed by atoms with E-state index in [1.165, 1.54) is 6.42 Å². The molecular weight excluding hydrogens is 416 g/mol. The molecule has 33 heavy (non-hydrogen) atoms. The summed E-state index contributed by atoms with van der Waals surface area (Å²) in [6.07, 6.45) is 5.27. The summed E-state index contributed by atoms with van der Waals surface area (Å²) < 4.78 is 5.34. The number of hydrogen-bond acceptors (Lipinski definition) is 4. The lowest BCUT2D eigenvalue weighted by Gasteiger charge is -2.59. The Balaban J connectivity index is 1.35. The molecule has 3 atom stereocenters. The predicted octanol–water partition coefficient (Wildman–Crippen LogP) is 3.44. The molecule has 2 saturated heterocycles. The van der Waals surface area contributed by atoms with E-state index < -0.39 is 0 Å². The van der Waals surface area contributed by atoms with E-state index in [4.69, 9.17) is 4.74 Å². The molecule has 6 heteroatoms. The molecule has 2 amide bonds. The summed E-state index contributed by atoms with van der Waals surface area (Å²) in [5.74, 6) is 1.00. The van der Waals surface area contributed by atoms with Crippen LogP contribution < -0.4 is 4.74 Å². The molecular formula is C27H32N2O4. The highest BCUT2D eigenvalue weighted by atomic mass is 16.5. The van der Waals surface area contributed by atoms with E-state index in [1.54, 1.807) is 12.0 Å². The van der Waals surface area contributed by atoms with Gasteiger partial charge >= 0.3 is 0 Å². The van der Waals surface area contributed by atoms with E-state index in [-0.39, 0.29) is 48.9 Å². The van der Waals surface area contributed by atoms with Crippen LogP contribution in [0, 0.1) is 5.92 Å². The highest BCUT2D eigenvalue weighted by molar-refractivity contribution is 5.88. The third-order valence-electron chi connectivity index (χ3n) is 7.72. The monoisotopic (exact) mass is 448 g/mol.